The number of ether oxygens (including phenoxy) is 3. The molecule has 4 aliphatic carbocycles. The van der Waals surface area contributed by atoms with Gasteiger partial charge in [0, 0.05) is 11.8 Å². The second-order valence-corrected chi connectivity index (χ2v) is 16.8. The number of esters is 1. The smallest absolute Gasteiger partial charge is 0.397 e. The van der Waals surface area contributed by atoms with Crippen LogP contribution in [0.5, 0.6) is 0 Å². The van der Waals surface area contributed by atoms with Crippen LogP contribution in [0.25, 0.3) is 0 Å². The minimum atomic E-state index is -5.67. The zero-order valence-electron chi connectivity index (χ0n) is 27.0. The fraction of sp³-hybridized carbons (Fsp3) is 0.867. The van der Waals surface area contributed by atoms with Gasteiger partial charge >= 0.3 is 22.3 Å². The summed E-state index contributed by atoms with van der Waals surface area (Å²) >= 11 is 0. The van der Waals surface area contributed by atoms with Gasteiger partial charge in [-0.3, -0.25) is 18.3 Å². The van der Waals surface area contributed by atoms with Crippen molar-refractivity contribution in [2.45, 2.75) is 115 Å². The Kier molecular flexibility index (Phi) is 10.5. The van der Waals surface area contributed by atoms with E-state index >= 15 is 0 Å². The number of carboxylic acids is 1. The number of carbonyl (C=O) groups is 2. The summed E-state index contributed by atoms with van der Waals surface area (Å²) in [7, 11) is -11.0. The molecule has 48 heavy (non-hydrogen) atoms. The van der Waals surface area contributed by atoms with Gasteiger partial charge in [0.25, 0.3) is 0 Å². The van der Waals surface area contributed by atoms with Crippen LogP contribution in [0.2, 0.25) is 0 Å². The molecule has 1 spiro atoms. The van der Waals surface area contributed by atoms with Gasteiger partial charge in [-0.1, -0.05) is 27.4 Å². The second-order valence-electron chi connectivity index (χ2n) is 14.8. The Morgan fingerprint density at radius 3 is 2.35 bits per heavy atom. The first-order valence-corrected chi connectivity index (χ1v) is 18.9. The molecule has 4 saturated carbocycles. The molecule has 5 fully saturated rings. The normalized spacial score (nSPS) is 43.0. The highest BCUT2D eigenvalue weighted by atomic mass is 32.3. The molecule has 0 amide bonds. The minimum absolute atomic E-state index is 0.0279. The molecule has 0 aromatic rings. The third kappa shape index (κ3) is 7.20. The van der Waals surface area contributed by atoms with E-state index in [9.17, 15) is 50.8 Å². The average molecular weight is 726 g/mol. The van der Waals surface area contributed by atoms with Crippen molar-refractivity contribution in [1.29, 1.82) is 0 Å². The number of rotatable bonds is 11. The maximum atomic E-state index is 12.9. The highest BCUT2D eigenvalue weighted by Crippen LogP contribution is 2.70. The molecular formula is C30H45O16S2-. The molecule has 16 nitrogen and oxygen atoms in total. The van der Waals surface area contributed by atoms with Crippen molar-refractivity contribution in [1.82, 2.24) is 0 Å². The zero-order valence-corrected chi connectivity index (χ0v) is 28.6. The van der Waals surface area contributed by atoms with Crippen LogP contribution >= 0.6 is 0 Å². The summed E-state index contributed by atoms with van der Waals surface area (Å²) in [4.78, 5) is 25.6. The van der Waals surface area contributed by atoms with Gasteiger partial charge in [0.1, 0.15) is 18.3 Å². The summed E-state index contributed by atoms with van der Waals surface area (Å²) in [5.74, 6) is -3.32. The van der Waals surface area contributed by atoms with Gasteiger partial charge in [-0.2, -0.15) is 8.42 Å². The topological polar surface area (TPSA) is 253 Å². The number of fused-ring (bicyclic) bond motifs is 3. The average Bonchev–Trinajstić information content (AvgIpc) is 3.12. The van der Waals surface area contributed by atoms with Gasteiger partial charge in [0.05, 0.1) is 24.7 Å². The number of aliphatic hydroxyl groups is 2. The van der Waals surface area contributed by atoms with Crippen LogP contribution < -0.4 is 0 Å². The molecule has 0 aromatic heterocycles. The third-order valence-corrected chi connectivity index (χ3v) is 12.4. The lowest BCUT2D eigenvalue weighted by Crippen LogP contribution is -2.64. The number of aliphatic carboxylic acids is 1. The SMILES string of the molecule is C=C1C(O)[C@@]23CC[C@@H]4C(C(=O)O)C[C@@H](O[C@H]5O[C@@H](CO)[C@H](OS(=O)(=O)O)C(OS(=O)(=O)[O-])[C@@H]5OC(=O)CC(C)C)C[C@@]4(C)[C@@H]2CC[C@@H]1C3. The number of carboxylic acid groups (broad SMARTS) is 1. The summed E-state index contributed by atoms with van der Waals surface area (Å²) in [6.45, 7) is 8.47. The van der Waals surface area contributed by atoms with Gasteiger partial charge < -0.3 is 34.1 Å². The second kappa shape index (κ2) is 13.4. The van der Waals surface area contributed by atoms with Crippen LogP contribution in [0, 0.1) is 40.4 Å². The van der Waals surface area contributed by atoms with Gasteiger partial charge in [-0.05, 0) is 79.6 Å². The molecule has 274 valence electrons. The van der Waals surface area contributed by atoms with Crippen LogP contribution in [-0.2, 0) is 53.0 Å². The molecule has 1 aliphatic heterocycles. The van der Waals surface area contributed by atoms with E-state index in [1.54, 1.807) is 13.8 Å². The van der Waals surface area contributed by atoms with E-state index in [4.69, 9.17) is 14.2 Å². The van der Waals surface area contributed by atoms with E-state index in [0.29, 0.717) is 12.8 Å². The van der Waals surface area contributed by atoms with Crippen LogP contribution in [-0.4, -0.2) is 103 Å². The fourth-order valence-electron chi connectivity index (χ4n) is 9.82. The standard InChI is InChI=1S/C30H46O16S2/c1-14(2)9-22(32)44-25-24(46-48(39,40)41)23(45-47(36,37)38)20(13-31)43-28(25)42-17-10-18(27(34)35)19-7-8-30-11-16(15(3)26(30)33)5-6-21(30)29(19,4)12-17/h14,16-21,23-26,28,31,33H,3,5-13H2,1-2,4H3,(H,34,35)(H,36,37,38)(H,39,40,41)/p-1/t16-,17-,18?,19-,20+,21+,23+,24?,25+,26?,28+,29-,30-/m1/s1. The van der Waals surface area contributed by atoms with Crippen molar-refractivity contribution in [2.75, 3.05) is 6.61 Å². The first-order chi connectivity index (χ1) is 22.2. The molecule has 3 unspecified atom stereocenters. The van der Waals surface area contributed by atoms with Crippen molar-refractivity contribution in [3.05, 3.63) is 12.2 Å². The quantitative estimate of drug-likeness (QED) is 0.0770. The maximum absolute atomic E-state index is 12.9. The Hall–Kier alpha value is -1.74. The molecular weight excluding hydrogens is 680 g/mol. The Labute approximate surface area is 280 Å². The Morgan fingerprint density at radius 2 is 1.77 bits per heavy atom. The Bertz CT molecular complexity index is 1480. The monoisotopic (exact) mass is 725 g/mol. The molecule has 0 aromatic carbocycles. The molecule has 1 heterocycles. The summed E-state index contributed by atoms with van der Waals surface area (Å²) in [6.07, 6.45) is -8.22. The first-order valence-electron chi connectivity index (χ1n) is 16.2. The lowest BCUT2D eigenvalue weighted by Gasteiger charge is -2.62. The lowest BCUT2D eigenvalue weighted by molar-refractivity contribution is -0.316. The highest BCUT2D eigenvalue weighted by Gasteiger charge is 2.67. The van der Waals surface area contributed by atoms with Crippen molar-refractivity contribution in [2.24, 2.45) is 40.4 Å². The molecule has 4 N–H and O–H groups in total. The van der Waals surface area contributed by atoms with E-state index in [0.717, 1.165) is 24.8 Å². The first kappa shape index (κ1) is 37.5. The molecule has 5 rings (SSSR count). The van der Waals surface area contributed by atoms with Crippen molar-refractivity contribution < 1.29 is 73.4 Å². The van der Waals surface area contributed by atoms with Gasteiger partial charge in [-0.15, -0.1) is 0 Å². The van der Waals surface area contributed by atoms with E-state index in [-0.39, 0.29) is 42.9 Å². The van der Waals surface area contributed by atoms with Crippen LogP contribution in [0.1, 0.15) is 72.1 Å². The minimum Gasteiger partial charge on any atom is -0.726 e. The molecule has 2 bridgehead atoms. The van der Waals surface area contributed by atoms with E-state index in [1.807, 2.05) is 6.92 Å². The molecule has 1 saturated heterocycles. The molecule has 18 heteroatoms. The van der Waals surface area contributed by atoms with E-state index < -0.39 is 99.0 Å². The van der Waals surface area contributed by atoms with E-state index in [2.05, 4.69) is 14.9 Å². The van der Waals surface area contributed by atoms with Crippen LogP contribution in [0.15, 0.2) is 12.2 Å². The van der Waals surface area contributed by atoms with Crippen LogP contribution in [0.3, 0.4) is 0 Å². The summed E-state index contributed by atoms with van der Waals surface area (Å²) < 4.78 is 95.2. The Balaban J connectivity index is 1.51. The number of carbonyl (C=O) groups excluding carboxylic acids is 1. The third-order valence-electron chi connectivity index (χ3n) is 11.5. The van der Waals surface area contributed by atoms with Gasteiger partial charge in [-0.25, -0.2) is 12.6 Å². The van der Waals surface area contributed by atoms with E-state index in [1.165, 1.54) is 0 Å². The Morgan fingerprint density at radius 1 is 1.08 bits per heavy atom. The van der Waals surface area contributed by atoms with Gasteiger partial charge in [0.2, 0.25) is 10.4 Å². The number of aliphatic hydroxyl groups excluding tert-OH is 2. The lowest BCUT2D eigenvalue weighted by atomic mass is 9.43. The zero-order chi connectivity index (χ0) is 35.6. The summed E-state index contributed by atoms with van der Waals surface area (Å²) in [6, 6.07) is 0. The summed E-state index contributed by atoms with van der Waals surface area (Å²) in [5.41, 5.74) is -0.341. The maximum Gasteiger partial charge on any atom is 0.397 e. The predicted octanol–water partition coefficient (Wildman–Crippen LogP) is 1.32. The molecule has 5 aliphatic rings. The van der Waals surface area contributed by atoms with Gasteiger partial charge in [0.15, 0.2) is 12.4 Å². The summed E-state index contributed by atoms with van der Waals surface area (Å²) in [5, 5.41) is 31.9. The predicted molar refractivity (Wildman–Crippen MR) is 161 cm³/mol. The van der Waals surface area contributed by atoms with Crippen molar-refractivity contribution in [3.63, 3.8) is 0 Å². The molecule has 13 atom stereocenters. The molecule has 0 radical (unpaired) electrons. The van der Waals surface area contributed by atoms with Crippen molar-refractivity contribution in [3.8, 4) is 0 Å². The largest absolute Gasteiger partial charge is 0.726 e. The number of hydrogen-bond acceptors (Lipinski definition) is 14. The van der Waals surface area contributed by atoms with Crippen LogP contribution in [0.4, 0.5) is 0 Å². The fourth-order valence-corrected chi connectivity index (χ4v) is 10.8. The number of hydrogen-bond donors (Lipinski definition) is 4. The highest BCUT2D eigenvalue weighted by molar-refractivity contribution is 7.81. The van der Waals surface area contributed by atoms with Crippen molar-refractivity contribution >= 4 is 32.7 Å².